The molecule has 1 aromatic carbocycles. The Morgan fingerprint density at radius 2 is 1.83 bits per heavy atom. The summed E-state index contributed by atoms with van der Waals surface area (Å²) in [5, 5.41) is 0.855. The predicted octanol–water partition coefficient (Wildman–Crippen LogP) is 4.77. The van der Waals surface area contributed by atoms with E-state index in [1.165, 1.54) is 13.5 Å². The summed E-state index contributed by atoms with van der Waals surface area (Å²) in [5.41, 5.74) is 0.523. The van der Waals surface area contributed by atoms with E-state index >= 15 is 0 Å². The van der Waals surface area contributed by atoms with E-state index in [0.29, 0.717) is 21.4 Å². The molecule has 1 aliphatic carbocycles. The van der Waals surface area contributed by atoms with Gasteiger partial charge in [0.15, 0.2) is 5.78 Å². The molecular weight excluding hydrogens is 271 g/mol. The number of hydrogen-bond acceptors (Lipinski definition) is 2. The Labute approximate surface area is 117 Å². The lowest BCUT2D eigenvalue weighted by Crippen LogP contribution is -2.18. The molecule has 0 radical (unpaired) electrons. The molecule has 0 N–H and O–H groups in total. The van der Waals surface area contributed by atoms with Gasteiger partial charge in [0.2, 0.25) is 0 Å². The number of ketones is 1. The maximum Gasteiger partial charge on any atom is 0.167 e. The third-order valence-electron chi connectivity index (χ3n) is 3.48. The molecule has 0 atom stereocenters. The van der Waals surface area contributed by atoms with Gasteiger partial charge >= 0.3 is 0 Å². The third kappa shape index (κ3) is 2.81. The minimum absolute atomic E-state index is 0.0979. The monoisotopic (exact) mass is 286 g/mol. The van der Waals surface area contributed by atoms with Crippen LogP contribution in [0.5, 0.6) is 5.75 Å². The second kappa shape index (κ2) is 5.94. The summed E-state index contributed by atoms with van der Waals surface area (Å²) in [7, 11) is 1.53. The first-order chi connectivity index (χ1) is 8.63. The molecule has 98 valence electrons. The number of halogens is 2. The summed E-state index contributed by atoms with van der Waals surface area (Å²) in [6, 6.07) is 3.24. The van der Waals surface area contributed by atoms with Gasteiger partial charge in [-0.25, -0.2) is 0 Å². The summed E-state index contributed by atoms with van der Waals surface area (Å²) >= 11 is 12.2. The minimum Gasteiger partial charge on any atom is -0.495 e. The summed E-state index contributed by atoms with van der Waals surface area (Å²) < 4.78 is 5.08. The quantitative estimate of drug-likeness (QED) is 0.749. The fraction of sp³-hybridized carbons (Fsp3) is 0.500. The highest BCUT2D eigenvalue weighted by molar-refractivity contribution is 6.36. The molecule has 18 heavy (non-hydrogen) atoms. The van der Waals surface area contributed by atoms with Crippen LogP contribution >= 0.6 is 23.2 Å². The number of ether oxygens (including phenoxy) is 1. The molecule has 0 unspecified atom stereocenters. The van der Waals surface area contributed by atoms with Gasteiger partial charge in [0.25, 0.3) is 0 Å². The summed E-state index contributed by atoms with van der Waals surface area (Å²) in [4.78, 5) is 12.4. The maximum atomic E-state index is 12.4. The van der Waals surface area contributed by atoms with Crippen LogP contribution in [0.25, 0.3) is 0 Å². The van der Waals surface area contributed by atoms with E-state index in [0.717, 1.165) is 25.7 Å². The van der Waals surface area contributed by atoms with Crippen molar-refractivity contribution in [3.8, 4) is 5.75 Å². The Bertz CT molecular complexity index is 451. The van der Waals surface area contributed by atoms with Crippen LogP contribution in [-0.2, 0) is 0 Å². The van der Waals surface area contributed by atoms with Crippen molar-refractivity contribution in [1.82, 2.24) is 0 Å². The molecule has 0 amide bonds. The molecule has 1 aliphatic rings. The van der Waals surface area contributed by atoms with Gasteiger partial charge in [0.1, 0.15) is 5.75 Å². The molecule has 2 nitrogen and oxygen atoms in total. The number of benzene rings is 1. The lowest BCUT2D eigenvalue weighted by molar-refractivity contribution is 0.0889. The van der Waals surface area contributed by atoms with Crippen LogP contribution in [0.1, 0.15) is 42.5 Å². The molecule has 0 saturated heterocycles. The Kier molecular flexibility index (Phi) is 4.52. The molecule has 0 aromatic heterocycles. The largest absolute Gasteiger partial charge is 0.495 e. The number of carbonyl (C=O) groups excluding carboxylic acids is 1. The fourth-order valence-electron chi connectivity index (χ4n) is 2.46. The van der Waals surface area contributed by atoms with Gasteiger partial charge in [-0.2, -0.15) is 0 Å². The fourth-order valence-corrected chi connectivity index (χ4v) is 2.95. The highest BCUT2D eigenvalue weighted by Gasteiger charge is 2.24. The molecule has 4 heteroatoms. The highest BCUT2D eigenvalue weighted by Crippen LogP contribution is 2.34. The van der Waals surface area contributed by atoms with Gasteiger partial charge in [-0.15, -0.1) is 0 Å². The standard InChI is InChI=1S/C14H16Cl2O2/c1-18-13-8-11(15)10(7-12(13)16)14(17)9-5-3-2-4-6-9/h7-9H,2-6H2,1H3. The van der Waals surface area contributed by atoms with Crippen LogP contribution in [0.4, 0.5) is 0 Å². The SMILES string of the molecule is COc1cc(Cl)c(C(=O)C2CCCCC2)cc1Cl. The second-order valence-electron chi connectivity index (χ2n) is 4.67. The van der Waals surface area contributed by atoms with Crippen molar-refractivity contribution in [2.24, 2.45) is 5.92 Å². The lowest BCUT2D eigenvalue weighted by atomic mass is 9.84. The van der Waals surface area contributed by atoms with Crippen molar-refractivity contribution in [2.75, 3.05) is 7.11 Å². The molecule has 1 fully saturated rings. The first-order valence-electron chi connectivity index (χ1n) is 6.20. The number of methoxy groups -OCH3 is 1. The maximum absolute atomic E-state index is 12.4. The second-order valence-corrected chi connectivity index (χ2v) is 5.48. The van der Waals surface area contributed by atoms with Crippen LogP contribution in [0, 0.1) is 5.92 Å². The van der Waals surface area contributed by atoms with Crippen LogP contribution in [-0.4, -0.2) is 12.9 Å². The van der Waals surface area contributed by atoms with Gasteiger partial charge in [-0.1, -0.05) is 42.5 Å². The van der Waals surface area contributed by atoms with Gasteiger partial charge in [-0.3, -0.25) is 4.79 Å². The highest BCUT2D eigenvalue weighted by atomic mass is 35.5. The molecule has 0 bridgehead atoms. The van der Waals surface area contributed by atoms with Crippen molar-refractivity contribution in [1.29, 1.82) is 0 Å². The van der Waals surface area contributed by atoms with Crippen LogP contribution in [0.3, 0.4) is 0 Å². The number of Topliss-reactive ketones (excluding diaryl/α,β-unsaturated/α-hetero) is 1. The zero-order chi connectivity index (χ0) is 13.1. The zero-order valence-electron chi connectivity index (χ0n) is 10.3. The van der Waals surface area contributed by atoms with Crippen LogP contribution in [0.15, 0.2) is 12.1 Å². The van der Waals surface area contributed by atoms with E-state index < -0.39 is 0 Å². The van der Waals surface area contributed by atoms with Gasteiger partial charge in [-0.05, 0) is 18.9 Å². The predicted molar refractivity (Wildman–Crippen MR) is 73.9 cm³/mol. The summed E-state index contributed by atoms with van der Waals surface area (Å²) in [6.07, 6.45) is 5.38. The zero-order valence-corrected chi connectivity index (χ0v) is 11.9. The van der Waals surface area contributed by atoms with Crippen molar-refractivity contribution >= 4 is 29.0 Å². The van der Waals surface area contributed by atoms with Gasteiger partial charge < -0.3 is 4.74 Å². The van der Waals surface area contributed by atoms with Crippen molar-refractivity contribution in [3.63, 3.8) is 0 Å². The first-order valence-corrected chi connectivity index (χ1v) is 6.96. The molecule has 0 spiro atoms. The van der Waals surface area contributed by atoms with E-state index in [2.05, 4.69) is 0 Å². The van der Waals surface area contributed by atoms with E-state index in [-0.39, 0.29) is 11.7 Å². The van der Waals surface area contributed by atoms with E-state index in [1.807, 2.05) is 0 Å². The Hall–Kier alpha value is -0.730. The van der Waals surface area contributed by atoms with E-state index in [4.69, 9.17) is 27.9 Å². The topological polar surface area (TPSA) is 26.3 Å². The number of rotatable bonds is 3. The first kappa shape index (κ1) is 13.7. The average molecular weight is 287 g/mol. The van der Waals surface area contributed by atoms with Crippen LogP contribution in [0.2, 0.25) is 10.0 Å². The summed E-state index contributed by atoms with van der Waals surface area (Å²) in [6.45, 7) is 0. The Balaban J connectivity index is 2.27. The Morgan fingerprint density at radius 3 is 2.44 bits per heavy atom. The molecule has 1 saturated carbocycles. The van der Waals surface area contributed by atoms with Crippen molar-refractivity contribution < 1.29 is 9.53 Å². The van der Waals surface area contributed by atoms with Crippen molar-refractivity contribution in [3.05, 3.63) is 27.7 Å². The molecule has 2 rings (SSSR count). The molecule has 0 aliphatic heterocycles. The van der Waals surface area contributed by atoms with E-state index in [1.54, 1.807) is 12.1 Å². The molecule has 1 aromatic rings. The van der Waals surface area contributed by atoms with Gasteiger partial charge in [0, 0.05) is 17.5 Å². The third-order valence-corrected chi connectivity index (χ3v) is 4.09. The molecular formula is C14H16Cl2O2. The lowest BCUT2D eigenvalue weighted by Gasteiger charge is -2.21. The van der Waals surface area contributed by atoms with Crippen LogP contribution < -0.4 is 4.74 Å². The van der Waals surface area contributed by atoms with E-state index in [9.17, 15) is 4.79 Å². The summed E-state index contributed by atoms with van der Waals surface area (Å²) in [5.74, 6) is 0.715. The molecule has 0 heterocycles. The van der Waals surface area contributed by atoms with Crippen molar-refractivity contribution in [2.45, 2.75) is 32.1 Å². The minimum atomic E-state index is 0.0979. The average Bonchev–Trinajstić information content (AvgIpc) is 2.41. The number of carbonyl (C=O) groups is 1. The number of hydrogen-bond donors (Lipinski definition) is 0. The van der Waals surface area contributed by atoms with Gasteiger partial charge in [0.05, 0.1) is 17.2 Å². The Morgan fingerprint density at radius 1 is 1.17 bits per heavy atom. The normalized spacial score (nSPS) is 16.6. The smallest absolute Gasteiger partial charge is 0.167 e.